The smallest absolute Gasteiger partial charge is 0.310 e. The van der Waals surface area contributed by atoms with Crippen molar-refractivity contribution in [3.8, 4) is 0 Å². The van der Waals surface area contributed by atoms with Crippen molar-refractivity contribution in [3.05, 3.63) is 18.0 Å². The van der Waals surface area contributed by atoms with Crippen molar-refractivity contribution >= 4 is 21.9 Å². The molecular weight excluding hydrogens is 286 g/mol. The number of hydrogen-bond donors (Lipinski definition) is 2. The van der Waals surface area contributed by atoms with Gasteiger partial charge in [0.1, 0.15) is 10.6 Å². The highest BCUT2D eigenvalue weighted by molar-refractivity contribution is 7.89. The minimum Gasteiger partial charge on any atom is -0.481 e. The van der Waals surface area contributed by atoms with Gasteiger partial charge in [0.05, 0.1) is 5.92 Å². The maximum atomic E-state index is 12.1. The standard InChI is InChI=1S/C11H15N3O5S/c1-12-20(18,19)8-3-9(13(2)6-8)10(15)14-4-7(5-14)11(16)17/h3,6-7,12H,4-5H2,1-2H3,(H,16,17). The first-order valence-electron chi connectivity index (χ1n) is 5.88. The van der Waals surface area contributed by atoms with Gasteiger partial charge in [0.2, 0.25) is 10.0 Å². The van der Waals surface area contributed by atoms with Crippen LogP contribution in [0.1, 0.15) is 10.5 Å². The molecule has 1 amide bonds. The number of carboxylic acid groups (broad SMARTS) is 1. The van der Waals surface area contributed by atoms with E-state index in [1.54, 1.807) is 7.05 Å². The summed E-state index contributed by atoms with van der Waals surface area (Å²) in [4.78, 5) is 24.2. The lowest BCUT2D eigenvalue weighted by Gasteiger charge is -2.36. The van der Waals surface area contributed by atoms with Crippen LogP contribution in [-0.2, 0) is 21.9 Å². The fourth-order valence-electron chi connectivity index (χ4n) is 1.97. The van der Waals surface area contributed by atoms with Crippen molar-refractivity contribution in [2.75, 3.05) is 20.1 Å². The van der Waals surface area contributed by atoms with Crippen molar-refractivity contribution in [2.45, 2.75) is 4.90 Å². The lowest BCUT2D eigenvalue weighted by atomic mass is 10.0. The number of aromatic nitrogens is 1. The zero-order chi connectivity index (χ0) is 15.1. The van der Waals surface area contributed by atoms with E-state index in [0.717, 1.165) is 0 Å². The summed E-state index contributed by atoms with van der Waals surface area (Å²) in [6, 6.07) is 1.28. The average molecular weight is 301 g/mol. The molecule has 0 aromatic carbocycles. The van der Waals surface area contributed by atoms with Gasteiger partial charge < -0.3 is 14.6 Å². The molecule has 8 nitrogen and oxygen atoms in total. The van der Waals surface area contributed by atoms with E-state index in [4.69, 9.17) is 5.11 Å². The molecule has 2 rings (SSSR count). The maximum Gasteiger partial charge on any atom is 0.310 e. The summed E-state index contributed by atoms with van der Waals surface area (Å²) >= 11 is 0. The molecule has 0 aliphatic carbocycles. The Morgan fingerprint density at radius 3 is 2.50 bits per heavy atom. The minimum atomic E-state index is -3.61. The summed E-state index contributed by atoms with van der Waals surface area (Å²) in [5.74, 6) is -1.85. The fourth-order valence-corrected chi connectivity index (χ4v) is 2.77. The van der Waals surface area contributed by atoms with Crippen LogP contribution in [0.25, 0.3) is 0 Å². The van der Waals surface area contributed by atoms with Gasteiger partial charge in [-0.25, -0.2) is 13.1 Å². The molecule has 0 spiro atoms. The van der Waals surface area contributed by atoms with E-state index in [0.29, 0.717) is 0 Å². The number of likely N-dealkylation sites (tertiary alicyclic amines) is 1. The molecule has 9 heteroatoms. The van der Waals surface area contributed by atoms with Crippen molar-refractivity contribution in [1.82, 2.24) is 14.2 Å². The number of rotatable bonds is 4. The van der Waals surface area contributed by atoms with E-state index < -0.39 is 21.9 Å². The highest BCUT2D eigenvalue weighted by Crippen LogP contribution is 2.21. The molecule has 20 heavy (non-hydrogen) atoms. The van der Waals surface area contributed by atoms with Gasteiger partial charge in [0.25, 0.3) is 5.91 Å². The van der Waals surface area contributed by atoms with Gasteiger partial charge in [0.15, 0.2) is 0 Å². The number of carboxylic acids is 1. The Bertz CT molecular complexity index is 658. The normalized spacial score (nSPS) is 16.0. The topological polar surface area (TPSA) is 109 Å². The summed E-state index contributed by atoms with van der Waals surface area (Å²) in [5.41, 5.74) is 0.211. The molecule has 0 bridgehead atoms. The molecule has 2 heterocycles. The SMILES string of the molecule is CNS(=O)(=O)c1cc(C(=O)N2CC(C(=O)O)C2)n(C)c1. The van der Waals surface area contributed by atoms with E-state index in [1.807, 2.05) is 0 Å². The Hall–Kier alpha value is -1.87. The predicted octanol–water partition coefficient (Wildman–Crippen LogP) is -0.910. The van der Waals surface area contributed by atoms with Gasteiger partial charge in [-0.05, 0) is 13.1 Å². The summed E-state index contributed by atoms with van der Waals surface area (Å²) in [6.45, 7) is 0.293. The number of carbonyl (C=O) groups is 2. The predicted molar refractivity (Wildman–Crippen MR) is 68.7 cm³/mol. The van der Waals surface area contributed by atoms with Crippen LogP contribution in [0.15, 0.2) is 17.2 Å². The Kier molecular flexibility index (Phi) is 3.57. The van der Waals surface area contributed by atoms with Gasteiger partial charge in [-0.15, -0.1) is 0 Å². The van der Waals surface area contributed by atoms with Gasteiger partial charge in [-0.2, -0.15) is 0 Å². The second-order valence-corrected chi connectivity index (χ2v) is 6.51. The average Bonchev–Trinajstić information content (AvgIpc) is 2.69. The first-order valence-corrected chi connectivity index (χ1v) is 7.36. The molecule has 2 N–H and O–H groups in total. The third kappa shape index (κ3) is 2.41. The number of aryl methyl sites for hydroxylation is 1. The van der Waals surface area contributed by atoms with Crippen molar-refractivity contribution in [1.29, 1.82) is 0 Å². The lowest BCUT2D eigenvalue weighted by Crippen LogP contribution is -2.53. The van der Waals surface area contributed by atoms with Gasteiger partial charge in [-0.1, -0.05) is 0 Å². The first kappa shape index (κ1) is 14.5. The van der Waals surface area contributed by atoms with Crippen LogP contribution in [-0.4, -0.2) is 55.0 Å². The molecule has 1 fully saturated rings. The molecule has 110 valence electrons. The zero-order valence-electron chi connectivity index (χ0n) is 11.0. The number of nitrogens with zero attached hydrogens (tertiary/aromatic N) is 2. The van der Waals surface area contributed by atoms with Crippen LogP contribution in [0.5, 0.6) is 0 Å². The fraction of sp³-hybridized carbons (Fsp3) is 0.455. The molecule has 1 aliphatic rings. The molecule has 0 unspecified atom stereocenters. The van der Waals surface area contributed by atoms with Crippen LogP contribution in [0.3, 0.4) is 0 Å². The number of hydrogen-bond acceptors (Lipinski definition) is 4. The molecule has 1 aromatic heterocycles. The molecule has 0 atom stereocenters. The molecule has 0 radical (unpaired) electrons. The summed E-state index contributed by atoms with van der Waals surface area (Å²) < 4.78 is 26.9. The van der Waals surface area contributed by atoms with Crippen LogP contribution >= 0.6 is 0 Å². The van der Waals surface area contributed by atoms with Crippen molar-refractivity contribution < 1.29 is 23.1 Å². The number of aliphatic carboxylic acids is 1. The van der Waals surface area contributed by atoms with E-state index in [1.165, 1.54) is 28.8 Å². The van der Waals surface area contributed by atoms with Crippen molar-refractivity contribution in [2.24, 2.45) is 13.0 Å². The van der Waals surface area contributed by atoms with Gasteiger partial charge >= 0.3 is 5.97 Å². The number of nitrogens with one attached hydrogen (secondary N) is 1. The van der Waals surface area contributed by atoms with Crippen LogP contribution in [0.2, 0.25) is 0 Å². The highest BCUT2D eigenvalue weighted by atomic mass is 32.2. The second-order valence-electron chi connectivity index (χ2n) is 4.62. The Morgan fingerprint density at radius 2 is 2.00 bits per heavy atom. The molecular formula is C11H15N3O5S. The van der Waals surface area contributed by atoms with Gasteiger partial charge in [0, 0.05) is 26.3 Å². The largest absolute Gasteiger partial charge is 0.481 e. The number of amides is 1. The molecule has 0 saturated carbocycles. The first-order chi connectivity index (χ1) is 9.26. The number of sulfonamides is 1. The summed E-state index contributed by atoms with van der Waals surface area (Å²) in [5, 5.41) is 8.77. The van der Waals surface area contributed by atoms with E-state index >= 15 is 0 Å². The van der Waals surface area contributed by atoms with E-state index in [2.05, 4.69) is 4.72 Å². The Morgan fingerprint density at radius 1 is 1.40 bits per heavy atom. The quantitative estimate of drug-likeness (QED) is 0.748. The maximum absolute atomic E-state index is 12.1. The van der Waals surface area contributed by atoms with E-state index in [-0.39, 0.29) is 29.6 Å². The van der Waals surface area contributed by atoms with Crippen LogP contribution in [0.4, 0.5) is 0 Å². The monoisotopic (exact) mass is 301 g/mol. The molecule has 1 aromatic rings. The van der Waals surface area contributed by atoms with Gasteiger partial charge in [-0.3, -0.25) is 9.59 Å². The Labute approximate surface area is 116 Å². The zero-order valence-corrected chi connectivity index (χ0v) is 11.8. The van der Waals surface area contributed by atoms with Crippen LogP contribution < -0.4 is 4.72 Å². The molecule has 1 aliphatic heterocycles. The van der Waals surface area contributed by atoms with E-state index in [9.17, 15) is 18.0 Å². The Balaban J connectivity index is 2.19. The lowest BCUT2D eigenvalue weighted by molar-refractivity contribution is -0.146. The van der Waals surface area contributed by atoms with Crippen molar-refractivity contribution in [3.63, 3.8) is 0 Å². The highest BCUT2D eigenvalue weighted by Gasteiger charge is 2.37. The minimum absolute atomic E-state index is 0.00107. The third-order valence-electron chi connectivity index (χ3n) is 3.30. The third-order valence-corrected chi connectivity index (χ3v) is 4.68. The second kappa shape index (κ2) is 4.91. The molecule has 1 saturated heterocycles. The summed E-state index contributed by atoms with van der Waals surface area (Å²) in [6.07, 6.45) is 1.34. The number of carbonyl (C=O) groups excluding carboxylic acids is 1. The summed E-state index contributed by atoms with van der Waals surface area (Å²) in [7, 11) is -0.753. The van der Waals surface area contributed by atoms with Crippen LogP contribution in [0, 0.1) is 5.92 Å².